The smallest absolute Gasteiger partial charge is 0.355 e. The number of hydrogen-bond donors (Lipinski definition) is 2. The number of carbonyl (C=O) groups is 1. The van der Waals surface area contributed by atoms with Crippen molar-refractivity contribution in [3.63, 3.8) is 0 Å². The molecule has 7 heteroatoms. The van der Waals surface area contributed by atoms with E-state index in [1.807, 2.05) is 20.8 Å². The molecule has 0 aliphatic rings. The number of nitrogens with one attached hydrogen (secondary N) is 1. The summed E-state index contributed by atoms with van der Waals surface area (Å²) >= 11 is 1.30. The van der Waals surface area contributed by atoms with Crippen LogP contribution in [-0.4, -0.2) is 34.8 Å². The molecule has 0 aliphatic heterocycles. The molecule has 1 aromatic heterocycles. The van der Waals surface area contributed by atoms with Gasteiger partial charge in [0.2, 0.25) is 0 Å². The molecule has 0 spiro atoms. The molecular formula is C20H23FN2O3S. The van der Waals surface area contributed by atoms with Crippen molar-refractivity contribution in [3.05, 3.63) is 45.7 Å². The fraction of sp³-hybridized carbons (Fsp3) is 0.400. The molecule has 0 unspecified atom stereocenters. The maximum absolute atomic E-state index is 14.2. The number of benzene rings is 1. The summed E-state index contributed by atoms with van der Waals surface area (Å²) in [6, 6.07) is 4.64. The lowest BCUT2D eigenvalue weighted by Gasteiger charge is -2.18. The molecule has 27 heavy (non-hydrogen) atoms. The Balaban J connectivity index is 1.90. The highest BCUT2D eigenvalue weighted by atomic mass is 32.1. The minimum absolute atomic E-state index is 0.0783. The van der Waals surface area contributed by atoms with Crippen LogP contribution in [0.2, 0.25) is 0 Å². The summed E-state index contributed by atoms with van der Waals surface area (Å²) in [5.41, 5.74) is 1.83. The van der Waals surface area contributed by atoms with Gasteiger partial charge < -0.3 is 15.2 Å². The second-order valence-electron chi connectivity index (χ2n) is 6.43. The van der Waals surface area contributed by atoms with Gasteiger partial charge in [-0.15, -0.1) is 11.3 Å². The van der Waals surface area contributed by atoms with Gasteiger partial charge >= 0.3 is 5.97 Å². The van der Waals surface area contributed by atoms with Gasteiger partial charge in [-0.25, -0.2) is 14.2 Å². The van der Waals surface area contributed by atoms with Crippen LogP contribution in [0.25, 0.3) is 0 Å². The fourth-order valence-electron chi connectivity index (χ4n) is 2.45. The zero-order valence-corrected chi connectivity index (χ0v) is 16.5. The first kappa shape index (κ1) is 20.9. The van der Waals surface area contributed by atoms with E-state index < -0.39 is 11.8 Å². The van der Waals surface area contributed by atoms with Crippen LogP contribution in [0.3, 0.4) is 0 Å². The number of nitrogens with zero attached hydrogens (tertiary/aromatic N) is 1. The monoisotopic (exact) mass is 390 g/mol. The molecule has 0 saturated heterocycles. The Morgan fingerprint density at radius 2 is 2.22 bits per heavy atom. The van der Waals surface area contributed by atoms with Crippen molar-refractivity contribution in [1.29, 1.82) is 0 Å². The quantitative estimate of drug-likeness (QED) is 0.531. The Labute approximate surface area is 162 Å². The van der Waals surface area contributed by atoms with Crippen molar-refractivity contribution in [1.82, 2.24) is 10.3 Å². The van der Waals surface area contributed by atoms with Gasteiger partial charge in [0.15, 0.2) is 17.3 Å². The normalized spacial score (nSPS) is 11.0. The molecule has 0 amide bonds. The Morgan fingerprint density at radius 1 is 1.44 bits per heavy atom. The van der Waals surface area contributed by atoms with Crippen molar-refractivity contribution in [2.75, 3.05) is 13.2 Å². The maximum Gasteiger partial charge on any atom is 0.355 e. The van der Waals surface area contributed by atoms with Crippen molar-refractivity contribution >= 4 is 17.3 Å². The molecule has 2 rings (SSSR count). The molecule has 0 fully saturated rings. The number of carboxylic acids is 1. The van der Waals surface area contributed by atoms with E-state index in [4.69, 9.17) is 9.84 Å². The van der Waals surface area contributed by atoms with Crippen LogP contribution in [0.15, 0.2) is 23.7 Å². The Hall–Kier alpha value is -2.43. The number of ether oxygens (including phenoxy) is 1. The summed E-state index contributed by atoms with van der Waals surface area (Å²) in [5, 5.41) is 12.3. The van der Waals surface area contributed by atoms with E-state index in [2.05, 4.69) is 22.1 Å². The second kappa shape index (κ2) is 9.49. The summed E-state index contributed by atoms with van der Waals surface area (Å²) in [5.74, 6) is 4.72. The number of thiazole rings is 1. The molecular weight excluding hydrogens is 367 g/mol. The topological polar surface area (TPSA) is 71.5 Å². The SMILES string of the molecule is CCNC(C)(C)C#Cc1ccc(OCCCc2scnc2C(=O)O)c(F)c1. The van der Waals surface area contributed by atoms with E-state index in [0.717, 1.165) is 6.54 Å². The van der Waals surface area contributed by atoms with E-state index in [1.165, 1.54) is 22.9 Å². The first-order valence-corrected chi connectivity index (χ1v) is 9.56. The third kappa shape index (κ3) is 6.35. The first-order chi connectivity index (χ1) is 12.8. The summed E-state index contributed by atoms with van der Waals surface area (Å²) in [6.45, 7) is 7.03. The van der Waals surface area contributed by atoms with Gasteiger partial charge in [-0.05, 0) is 51.4 Å². The lowest BCUT2D eigenvalue weighted by Crippen LogP contribution is -2.37. The van der Waals surface area contributed by atoms with E-state index >= 15 is 0 Å². The van der Waals surface area contributed by atoms with Gasteiger partial charge in [0, 0.05) is 10.4 Å². The van der Waals surface area contributed by atoms with Crippen LogP contribution in [-0.2, 0) is 6.42 Å². The Morgan fingerprint density at radius 3 is 2.89 bits per heavy atom. The molecule has 0 saturated carbocycles. The third-order valence-corrected chi connectivity index (χ3v) is 4.61. The highest BCUT2D eigenvalue weighted by molar-refractivity contribution is 7.09. The molecule has 0 atom stereocenters. The largest absolute Gasteiger partial charge is 0.491 e. The zero-order chi connectivity index (χ0) is 19.9. The number of carboxylic acid groups (broad SMARTS) is 1. The van der Waals surface area contributed by atoms with Crippen LogP contribution in [0.4, 0.5) is 4.39 Å². The van der Waals surface area contributed by atoms with Crippen LogP contribution in [0.5, 0.6) is 5.75 Å². The first-order valence-electron chi connectivity index (χ1n) is 8.68. The molecule has 2 aromatic rings. The molecule has 1 aromatic carbocycles. The van der Waals surface area contributed by atoms with Crippen LogP contribution >= 0.6 is 11.3 Å². The van der Waals surface area contributed by atoms with Gasteiger partial charge in [0.05, 0.1) is 17.7 Å². The highest BCUT2D eigenvalue weighted by Gasteiger charge is 2.13. The average Bonchev–Trinajstić information content (AvgIpc) is 3.07. The van der Waals surface area contributed by atoms with E-state index in [1.54, 1.807) is 12.1 Å². The fourth-order valence-corrected chi connectivity index (χ4v) is 3.25. The third-order valence-electron chi connectivity index (χ3n) is 3.72. The number of aromatic nitrogens is 1. The minimum Gasteiger partial charge on any atom is -0.491 e. The maximum atomic E-state index is 14.2. The van der Waals surface area contributed by atoms with Crippen molar-refractivity contribution < 1.29 is 19.0 Å². The van der Waals surface area contributed by atoms with Gasteiger partial charge in [0.1, 0.15) is 0 Å². The summed E-state index contributed by atoms with van der Waals surface area (Å²) in [6.07, 6.45) is 1.09. The average molecular weight is 390 g/mol. The molecule has 5 nitrogen and oxygen atoms in total. The number of hydrogen-bond acceptors (Lipinski definition) is 5. The van der Waals surface area contributed by atoms with Crippen LogP contribution in [0, 0.1) is 17.7 Å². The van der Waals surface area contributed by atoms with Crippen molar-refractivity contribution in [2.24, 2.45) is 0 Å². The Kier molecular flexibility index (Phi) is 7.34. The molecule has 2 N–H and O–H groups in total. The van der Waals surface area contributed by atoms with Crippen molar-refractivity contribution in [2.45, 2.75) is 39.2 Å². The highest BCUT2D eigenvalue weighted by Crippen LogP contribution is 2.20. The predicted octanol–water partition coefficient (Wildman–Crippen LogP) is 3.73. The van der Waals surface area contributed by atoms with Gasteiger partial charge in [-0.2, -0.15) is 0 Å². The predicted molar refractivity (Wildman–Crippen MR) is 104 cm³/mol. The van der Waals surface area contributed by atoms with Crippen molar-refractivity contribution in [3.8, 4) is 17.6 Å². The second-order valence-corrected chi connectivity index (χ2v) is 7.37. The van der Waals surface area contributed by atoms with Gasteiger partial charge in [-0.1, -0.05) is 18.8 Å². The number of rotatable bonds is 8. The summed E-state index contributed by atoms with van der Waals surface area (Å²) in [4.78, 5) is 15.5. The zero-order valence-electron chi connectivity index (χ0n) is 15.6. The van der Waals surface area contributed by atoms with E-state index in [9.17, 15) is 9.18 Å². The minimum atomic E-state index is -1.03. The Bertz CT molecular complexity index is 852. The number of halogens is 1. The number of aryl methyl sites for hydroxylation is 1. The lowest BCUT2D eigenvalue weighted by atomic mass is 10.1. The standard InChI is InChI=1S/C20H23FN2O3S/c1-4-23-20(2,3)10-9-14-7-8-16(15(21)12-14)26-11-5-6-17-18(19(24)25)22-13-27-17/h7-8,12-13,23H,4-6,11H2,1-3H3,(H,24,25). The molecule has 1 heterocycles. The number of aromatic carboxylic acids is 1. The van der Waals surface area contributed by atoms with E-state index in [-0.39, 0.29) is 23.6 Å². The van der Waals surface area contributed by atoms with Crippen LogP contribution < -0.4 is 10.1 Å². The van der Waals surface area contributed by atoms with Crippen LogP contribution in [0.1, 0.15) is 48.1 Å². The van der Waals surface area contributed by atoms with Gasteiger partial charge in [-0.3, -0.25) is 0 Å². The van der Waals surface area contributed by atoms with Gasteiger partial charge in [0.25, 0.3) is 0 Å². The molecule has 0 aliphatic carbocycles. The molecule has 144 valence electrons. The lowest BCUT2D eigenvalue weighted by molar-refractivity contribution is 0.0690. The summed E-state index contributed by atoms with van der Waals surface area (Å²) in [7, 11) is 0. The van der Waals surface area contributed by atoms with E-state index in [0.29, 0.717) is 23.3 Å². The molecule has 0 bridgehead atoms. The summed E-state index contributed by atoms with van der Waals surface area (Å²) < 4.78 is 19.7. The molecule has 0 radical (unpaired) electrons.